The summed E-state index contributed by atoms with van der Waals surface area (Å²) in [7, 11) is 0. The van der Waals surface area contributed by atoms with Crippen molar-refractivity contribution in [2.45, 2.75) is 25.2 Å². The molecule has 1 aliphatic heterocycles. The largest absolute Gasteiger partial charge is 0.472 e. The van der Waals surface area contributed by atoms with E-state index >= 15 is 0 Å². The van der Waals surface area contributed by atoms with Crippen molar-refractivity contribution < 1.29 is 9.13 Å². The van der Waals surface area contributed by atoms with Crippen LogP contribution in [0.25, 0.3) is 0 Å². The minimum absolute atomic E-state index is 0.350. The second-order valence-electron chi connectivity index (χ2n) is 5.31. The Labute approximate surface area is 125 Å². The number of alkyl halides is 1. The first-order valence-electron chi connectivity index (χ1n) is 6.94. The Morgan fingerprint density at radius 1 is 1.57 bits per heavy atom. The van der Waals surface area contributed by atoms with Gasteiger partial charge in [0.25, 0.3) is 0 Å². The van der Waals surface area contributed by atoms with Crippen LogP contribution in [-0.2, 0) is 4.74 Å². The number of hydrogen-bond acceptors (Lipinski definition) is 3. The average molecular weight is 288 g/mol. The van der Waals surface area contributed by atoms with Crippen molar-refractivity contribution in [2.75, 3.05) is 6.54 Å². The van der Waals surface area contributed by atoms with Gasteiger partial charge >= 0.3 is 0 Å². The number of rotatable bonds is 5. The van der Waals surface area contributed by atoms with E-state index in [0.29, 0.717) is 17.8 Å². The van der Waals surface area contributed by atoms with Crippen LogP contribution in [0.2, 0.25) is 0 Å². The number of allylic oxidation sites excluding steroid dienone is 6. The van der Waals surface area contributed by atoms with E-state index in [0.717, 1.165) is 12.2 Å². The van der Waals surface area contributed by atoms with Crippen LogP contribution in [0.3, 0.4) is 0 Å². The molecule has 2 aliphatic rings. The monoisotopic (exact) mass is 288 g/mol. The third kappa shape index (κ3) is 4.76. The second-order valence-corrected chi connectivity index (χ2v) is 5.31. The summed E-state index contributed by atoms with van der Waals surface area (Å²) in [5.41, 5.74) is 6.15. The first-order chi connectivity index (χ1) is 9.96. The average Bonchev–Trinajstić information content (AvgIpc) is 2.44. The second kappa shape index (κ2) is 6.59. The zero-order valence-corrected chi connectivity index (χ0v) is 12.2. The fourth-order valence-electron chi connectivity index (χ4n) is 1.99. The Bertz CT molecular complexity index is 553. The molecule has 3 N–H and O–H groups in total. The SMILES string of the molecule is C=C(/C=C/C1=CC=CCN1)C(N)OC1=C[C@@](C)(F)CC=C1. The molecule has 0 aromatic heterocycles. The Hall–Kier alpha value is -2.07. The highest BCUT2D eigenvalue weighted by Crippen LogP contribution is 2.26. The van der Waals surface area contributed by atoms with Gasteiger partial charge in [-0.05, 0) is 31.2 Å². The van der Waals surface area contributed by atoms with E-state index in [-0.39, 0.29) is 0 Å². The summed E-state index contributed by atoms with van der Waals surface area (Å²) in [6, 6.07) is 0. The molecule has 2 atom stereocenters. The van der Waals surface area contributed by atoms with Crippen LogP contribution in [0.5, 0.6) is 0 Å². The van der Waals surface area contributed by atoms with Crippen LogP contribution < -0.4 is 11.1 Å². The van der Waals surface area contributed by atoms with Gasteiger partial charge in [-0.15, -0.1) is 0 Å². The number of nitrogens with one attached hydrogen (secondary N) is 1. The van der Waals surface area contributed by atoms with E-state index in [9.17, 15) is 4.39 Å². The molecular weight excluding hydrogens is 267 g/mol. The zero-order valence-electron chi connectivity index (χ0n) is 12.2. The molecule has 0 saturated carbocycles. The molecule has 4 heteroatoms. The number of ether oxygens (including phenoxy) is 1. The molecular formula is C17H21FN2O. The van der Waals surface area contributed by atoms with E-state index in [1.807, 2.05) is 24.3 Å². The summed E-state index contributed by atoms with van der Waals surface area (Å²) in [5.74, 6) is 0.436. The van der Waals surface area contributed by atoms with Gasteiger partial charge < -0.3 is 10.1 Å². The third-order valence-electron chi connectivity index (χ3n) is 3.18. The van der Waals surface area contributed by atoms with Crippen LogP contribution in [0.4, 0.5) is 4.39 Å². The highest BCUT2D eigenvalue weighted by atomic mass is 19.1. The van der Waals surface area contributed by atoms with Crippen LogP contribution in [-0.4, -0.2) is 18.4 Å². The lowest BCUT2D eigenvalue weighted by Gasteiger charge is -2.22. The standard InChI is InChI=1S/C17H21FN2O/c1-13(8-9-14-6-3-4-11-20-14)16(19)21-15-7-5-10-17(2,18)12-15/h3-9,12,16,20H,1,10-11,19H2,2H3/b9-8+/t16?,17-/m0/s1. The van der Waals surface area contributed by atoms with Crippen molar-refractivity contribution in [3.05, 3.63) is 72.2 Å². The van der Waals surface area contributed by atoms with Gasteiger partial charge in [-0.25, -0.2) is 4.39 Å². The molecule has 0 aromatic rings. The van der Waals surface area contributed by atoms with Gasteiger partial charge in [0.1, 0.15) is 11.4 Å². The van der Waals surface area contributed by atoms with Crippen molar-refractivity contribution in [1.29, 1.82) is 0 Å². The fourth-order valence-corrected chi connectivity index (χ4v) is 1.99. The van der Waals surface area contributed by atoms with Crippen LogP contribution in [0.15, 0.2) is 72.2 Å². The van der Waals surface area contributed by atoms with Gasteiger partial charge in [-0.3, -0.25) is 5.73 Å². The molecule has 0 fully saturated rings. The molecule has 0 radical (unpaired) electrons. The molecule has 0 saturated heterocycles. The Morgan fingerprint density at radius 3 is 3.05 bits per heavy atom. The van der Waals surface area contributed by atoms with Crippen LogP contribution >= 0.6 is 0 Å². The summed E-state index contributed by atoms with van der Waals surface area (Å²) in [4.78, 5) is 0. The van der Waals surface area contributed by atoms with Crippen molar-refractivity contribution in [3.8, 4) is 0 Å². The minimum Gasteiger partial charge on any atom is -0.472 e. The lowest BCUT2D eigenvalue weighted by molar-refractivity contribution is 0.151. The first kappa shape index (κ1) is 15.3. The normalized spacial score (nSPS) is 26.0. The van der Waals surface area contributed by atoms with Gasteiger partial charge in [0.05, 0.1) is 0 Å². The van der Waals surface area contributed by atoms with Crippen molar-refractivity contribution in [2.24, 2.45) is 5.73 Å². The van der Waals surface area contributed by atoms with Crippen molar-refractivity contribution in [3.63, 3.8) is 0 Å². The molecule has 2 rings (SSSR count). The van der Waals surface area contributed by atoms with E-state index in [1.165, 1.54) is 13.0 Å². The maximum Gasteiger partial charge on any atom is 0.173 e. The summed E-state index contributed by atoms with van der Waals surface area (Å²) in [6.45, 7) is 6.20. The van der Waals surface area contributed by atoms with Gasteiger partial charge in [-0.1, -0.05) is 30.9 Å². The molecule has 0 bridgehead atoms. The zero-order chi connectivity index (χ0) is 15.3. The van der Waals surface area contributed by atoms with E-state index in [2.05, 4.69) is 11.9 Å². The number of hydrogen-bond donors (Lipinski definition) is 2. The predicted octanol–water partition coefficient (Wildman–Crippen LogP) is 3.02. The maximum absolute atomic E-state index is 13.9. The Kier molecular flexibility index (Phi) is 4.81. The van der Waals surface area contributed by atoms with Crippen LogP contribution in [0.1, 0.15) is 13.3 Å². The molecule has 3 nitrogen and oxygen atoms in total. The first-order valence-corrected chi connectivity index (χ1v) is 6.94. The molecule has 0 spiro atoms. The third-order valence-corrected chi connectivity index (χ3v) is 3.18. The molecule has 1 unspecified atom stereocenters. The molecule has 1 aliphatic carbocycles. The highest BCUT2D eigenvalue weighted by molar-refractivity contribution is 5.32. The molecule has 112 valence electrons. The van der Waals surface area contributed by atoms with Gasteiger partial charge in [0.2, 0.25) is 0 Å². The summed E-state index contributed by atoms with van der Waals surface area (Å²) < 4.78 is 19.4. The summed E-state index contributed by atoms with van der Waals surface area (Å²) >= 11 is 0. The van der Waals surface area contributed by atoms with Crippen molar-refractivity contribution >= 4 is 0 Å². The van der Waals surface area contributed by atoms with Gasteiger partial charge in [0.15, 0.2) is 6.23 Å². The lowest BCUT2D eigenvalue weighted by Crippen LogP contribution is -2.26. The molecule has 0 amide bonds. The Balaban J connectivity index is 1.92. The maximum atomic E-state index is 13.9. The lowest BCUT2D eigenvalue weighted by atomic mass is 9.99. The van der Waals surface area contributed by atoms with Gasteiger partial charge in [0, 0.05) is 24.2 Å². The van der Waals surface area contributed by atoms with Crippen LogP contribution in [0, 0.1) is 0 Å². The molecule has 21 heavy (non-hydrogen) atoms. The molecule has 0 aromatic carbocycles. The topological polar surface area (TPSA) is 47.3 Å². The van der Waals surface area contributed by atoms with E-state index in [4.69, 9.17) is 10.5 Å². The number of halogens is 1. The fraction of sp³-hybridized carbons (Fsp3) is 0.294. The minimum atomic E-state index is -1.38. The summed E-state index contributed by atoms with van der Waals surface area (Å²) in [5, 5.41) is 3.20. The Morgan fingerprint density at radius 2 is 2.38 bits per heavy atom. The van der Waals surface area contributed by atoms with E-state index in [1.54, 1.807) is 18.2 Å². The molecule has 1 heterocycles. The van der Waals surface area contributed by atoms with Gasteiger partial charge in [-0.2, -0.15) is 0 Å². The summed E-state index contributed by atoms with van der Waals surface area (Å²) in [6.07, 6.45) is 14.2. The van der Waals surface area contributed by atoms with Crippen molar-refractivity contribution in [1.82, 2.24) is 5.32 Å². The quantitative estimate of drug-likeness (QED) is 0.604. The highest BCUT2D eigenvalue weighted by Gasteiger charge is 2.23. The number of dihydropyridines is 1. The smallest absolute Gasteiger partial charge is 0.173 e. The predicted molar refractivity (Wildman–Crippen MR) is 83.9 cm³/mol. The number of nitrogens with two attached hydrogens (primary N) is 1. The van der Waals surface area contributed by atoms with E-state index < -0.39 is 11.9 Å².